The zero-order valence-corrected chi connectivity index (χ0v) is 10.3. The minimum absolute atomic E-state index is 0.0243. The molecule has 0 fully saturated rings. The summed E-state index contributed by atoms with van der Waals surface area (Å²) in [7, 11) is 0. The van der Waals surface area contributed by atoms with E-state index in [1.807, 2.05) is 0 Å². The summed E-state index contributed by atoms with van der Waals surface area (Å²) < 4.78 is 138. The Balaban J connectivity index is 3.38. The van der Waals surface area contributed by atoms with E-state index in [1.54, 1.807) is 0 Å². The van der Waals surface area contributed by atoms with Gasteiger partial charge in [0.25, 0.3) is 0 Å². The molecule has 1 rings (SSSR count). The molecule has 0 atom stereocenters. The highest BCUT2D eigenvalue weighted by molar-refractivity contribution is 6.02. The lowest BCUT2D eigenvalue weighted by Crippen LogP contribution is -2.63. The monoisotopic (exact) mass is 360 g/mol. The van der Waals surface area contributed by atoms with Gasteiger partial charge in [0.2, 0.25) is 5.78 Å². The van der Waals surface area contributed by atoms with Crippen LogP contribution in [0.4, 0.5) is 48.3 Å². The van der Waals surface area contributed by atoms with Gasteiger partial charge >= 0.3 is 23.9 Å². The van der Waals surface area contributed by atoms with Crippen LogP contribution in [0.3, 0.4) is 0 Å². The van der Waals surface area contributed by atoms with Crippen LogP contribution in [-0.4, -0.2) is 29.7 Å². The van der Waals surface area contributed by atoms with Crippen LogP contribution in [0.15, 0.2) is 18.2 Å². The third kappa shape index (κ3) is 2.85. The lowest BCUT2D eigenvalue weighted by atomic mass is 9.95. The minimum Gasteiger partial charge on any atom is -0.287 e. The van der Waals surface area contributed by atoms with Crippen molar-refractivity contribution in [2.45, 2.75) is 23.9 Å². The highest BCUT2D eigenvalue weighted by atomic mass is 19.4. The summed E-state index contributed by atoms with van der Waals surface area (Å²) in [5.41, 5.74) is -1.72. The van der Waals surface area contributed by atoms with Gasteiger partial charge in [0.1, 0.15) is 0 Å². The second-order valence-corrected chi connectivity index (χ2v) is 4.18. The second-order valence-electron chi connectivity index (χ2n) is 4.18. The number of alkyl halides is 9. The maximum atomic E-state index is 13.2. The molecule has 1 nitrogen and oxygen atoms in total. The molecular weight excluding hydrogens is 357 g/mol. The van der Waals surface area contributed by atoms with Crippen LogP contribution in [0.25, 0.3) is 0 Å². The Hall–Kier alpha value is -1.88. The molecule has 0 radical (unpaired) electrons. The number of Topliss-reactive ketones (excluding diaryl/α,β-unsaturated/α-hetero) is 1. The molecule has 23 heavy (non-hydrogen) atoms. The maximum absolute atomic E-state index is 13.2. The van der Waals surface area contributed by atoms with Crippen molar-refractivity contribution in [1.29, 1.82) is 0 Å². The Morgan fingerprint density at radius 2 is 1.22 bits per heavy atom. The van der Waals surface area contributed by atoms with Gasteiger partial charge in [-0.3, -0.25) is 4.79 Å². The van der Waals surface area contributed by atoms with Gasteiger partial charge in [-0.1, -0.05) is 0 Å². The lowest BCUT2D eigenvalue weighted by Gasteiger charge is -2.32. The normalized spacial score (nSPS) is 14.0. The fourth-order valence-electron chi connectivity index (χ4n) is 1.34. The molecule has 0 heterocycles. The first-order valence-corrected chi connectivity index (χ1v) is 5.27. The van der Waals surface area contributed by atoms with Crippen molar-refractivity contribution in [2.24, 2.45) is 0 Å². The molecule has 0 saturated heterocycles. The van der Waals surface area contributed by atoms with E-state index in [-0.39, 0.29) is 18.2 Å². The Bertz CT molecular complexity index is 617. The summed E-state index contributed by atoms with van der Waals surface area (Å²) in [4.78, 5) is 11.1. The third-order valence-electron chi connectivity index (χ3n) is 2.61. The van der Waals surface area contributed by atoms with E-state index in [9.17, 15) is 53.1 Å². The molecule has 0 spiro atoms. The van der Waals surface area contributed by atoms with E-state index in [0.29, 0.717) is 0 Å². The summed E-state index contributed by atoms with van der Waals surface area (Å²) in [6.07, 6.45) is -7.09. The maximum Gasteiger partial charge on any atom is 0.460 e. The topological polar surface area (TPSA) is 17.1 Å². The van der Waals surface area contributed by atoms with Gasteiger partial charge in [-0.05, 0) is 18.2 Å². The number of carbonyl (C=O) groups is 1. The quantitative estimate of drug-likeness (QED) is 0.566. The van der Waals surface area contributed by atoms with Gasteiger partial charge in [-0.25, -0.2) is 8.78 Å². The van der Waals surface area contributed by atoms with Crippen LogP contribution < -0.4 is 0 Å². The fraction of sp³-hybridized carbons (Fsp3) is 0.364. The first-order chi connectivity index (χ1) is 10.1. The highest BCUT2D eigenvalue weighted by Crippen LogP contribution is 2.53. The molecule has 12 heteroatoms. The van der Waals surface area contributed by atoms with Crippen molar-refractivity contribution in [3.63, 3.8) is 0 Å². The van der Waals surface area contributed by atoms with E-state index in [0.717, 1.165) is 0 Å². The first kappa shape index (κ1) is 19.2. The number of hydrogen-bond donors (Lipinski definition) is 0. The molecule has 0 amide bonds. The standard InChI is InChI=1S/C11H3F11O/c12-5-2-1-4(3-6(5)13)7(23)8(14,15)9(16,17)10(18,19)11(20,21)22/h1-3H. The molecule has 130 valence electrons. The Kier molecular flexibility index (Phi) is 4.45. The Morgan fingerprint density at radius 1 is 0.739 bits per heavy atom. The van der Waals surface area contributed by atoms with Crippen LogP contribution in [0, 0.1) is 11.6 Å². The summed E-state index contributed by atoms with van der Waals surface area (Å²) >= 11 is 0. The fourth-order valence-corrected chi connectivity index (χ4v) is 1.34. The summed E-state index contributed by atoms with van der Waals surface area (Å²) in [5, 5.41) is 0. The largest absolute Gasteiger partial charge is 0.460 e. The third-order valence-corrected chi connectivity index (χ3v) is 2.61. The molecule has 0 aliphatic rings. The molecule has 0 saturated carbocycles. The predicted octanol–water partition coefficient (Wildman–Crippen LogP) is 4.62. The molecule has 0 aliphatic heterocycles. The van der Waals surface area contributed by atoms with Crippen LogP contribution in [0.2, 0.25) is 0 Å². The van der Waals surface area contributed by atoms with Gasteiger partial charge < -0.3 is 0 Å². The van der Waals surface area contributed by atoms with E-state index in [1.165, 1.54) is 0 Å². The molecule has 0 unspecified atom stereocenters. The van der Waals surface area contributed by atoms with Crippen molar-refractivity contribution in [3.8, 4) is 0 Å². The van der Waals surface area contributed by atoms with Gasteiger partial charge in [0.05, 0.1) is 0 Å². The highest BCUT2D eigenvalue weighted by Gasteiger charge is 2.83. The van der Waals surface area contributed by atoms with Crippen molar-refractivity contribution < 1.29 is 53.1 Å². The molecule has 0 aliphatic carbocycles. The molecule has 0 N–H and O–H groups in total. The van der Waals surface area contributed by atoms with Gasteiger partial charge in [0, 0.05) is 5.56 Å². The Labute approximate surface area is 119 Å². The number of benzene rings is 1. The lowest BCUT2D eigenvalue weighted by molar-refractivity contribution is -0.386. The van der Waals surface area contributed by atoms with Gasteiger partial charge in [0.15, 0.2) is 11.6 Å². The summed E-state index contributed by atoms with van der Waals surface area (Å²) in [5.74, 6) is -27.9. The summed E-state index contributed by atoms with van der Waals surface area (Å²) in [6.45, 7) is 0. The number of rotatable bonds is 4. The van der Waals surface area contributed by atoms with Gasteiger partial charge in [-0.2, -0.15) is 39.5 Å². The van der Waals surface area contributed by atoms with Gasteiger partial charge in [-0.15, -0.1) is 0 Å². The average molecular weight is 360 g/mol. The smallest absolute Gasteiger partial charge is 0.287 e. The average Bonchev–Trinajstić information content (AvgIpc) is 2.39. The van der Waals surface area contributed by atoms with Crippen molar-refractivity contribution in [2.75, 3.05) is 0 Å². The number of ketones is 1. The molecule has 1 aromatic carbocycles. The van der Waals surface area contributed by atoms with Crippen LogP contribution in [-0.2, 0) is 0 Å². The van der Waals surface area contributed by atoms with E-state index < -0.39 is 46.9 Å². The van der Waals surface area contributed by atoms with Crippen LogP contribution in [0.1, 0.15) is 10.4 Å². The van der Waals surface area contributed by atoms with Crippen molar-refractivity contribution in [3.05, 3.63) is 35.4 Å². The Morgan fingerprint density at radius 3 is 1.61 bits per heavy atom. The van der Waals surface area contributed by atoms with Crippen LogP contribution in [0.5, 0.6) is 0 Å². The zero-order valence-electron chi connectivity index (χ0n) is 10.3. The summed E-state index contributed by atoms with van der Waals surface area (Å²) in [6, 6.07) is -0.289. The number of halogens is 11. The zero-order chi connectivity index (χ0) is 18.4. The van der Waals surface area contributed by atoms with E-state index in [2.05, 4.69) is 0 Å². The SMILES string of the molecule is O=C(c1ccc(F)c(F)c1)C(F)(F)C(F)(F)C(F)(F)C(F)(F)F. The molecule has 1 aromatic rings. The second kappa shape index (κ2) is 5.34. The van der Waals surface area contributed by atoms with Crippen LogP contribution >= 0.6 is 0 Å². The number of carbonyl (C=O) groups excluding carboxylic acids is 1. The minimum atomic E-state index is -7.25. The number of hydrogen-bond acceptors (Lipinski definition) is 1. The van der Waals surface area contributed by atoms with E-state index >= 15 is 0 Å². The van der Waals surface area contributed by atoms with Crippen molar-refractivity contribution >= 4 is 5.78 Å². The molecule has 0 aromatic heterocycles. The molecule has 0 bridgehead atoms. The predicted molar refractivity (Wildman–Crippen MR) is 51.6 cm³/mol. The van der Waals surface area contributed by atoms with Crippen molar-refractivity contribution in [1.82, 2.24) is 0 Å². The van der Waals surface area contributed by atoms with E-state index in [4.69, 9.17) is 0 Å². The molecular formula is C11H3F11O. The first-order valence-electron chi connectivity index (χ1n) is 5.27.